The molecule has 1 unspecified atom stereocenters. The van der Waals surface area contributed by atoms with Gasteiger partial charge in [0.25, 0.3) is 0 Å². The van der Waals surface area contributed by atoms with Gasteiger partial charge in [-0.1, -0.05) is 18.2 Å². The number of benzene rings is 2. The van der Waals surface area contributed by atoms with Gasteiger partial charge in [0.1, 0.15) is 18.1 Å². The molecule has 1 atom stereocenters. The lowest BCUT2D eigenvalue weighted by Crippen LogP contribution is -2.17. The lowest BCUT2D eigenvalue weighted by Gasteiger charge is -2.15. The molecule has 2 aromatic carbocycles. The van der Waals surface area contributed by atoms with Crippen molar-refractivity contribution in [2.75, 3.05) is 6.61 Å². The Labute approximate surface area is 193 Å². The number of carbonyl (C=O) groups is 1. The molecular weight excluding hydrogens is 451 g/mol. The number of hydrogen-bond donors (Lipinski definition) is 1. The summed E-state index contributed by atoms with van der Waals surface area (Å²) in [4.78, 5) is 15.3. The zero-order valence-electron chi connectivity index (χ0n) is 18.5. The molecule has 6 nitrogen and oxygen atoms in total. The molecule has 4 rings (SSSR count). The third kappa shape index (κ3) is 5.41. The van der Waals surface area contributed by atoms with Crippen molar-refractivity contribution in [3.8, 4) is 28.5 Å². The van der Waals surface area contributed by atoms with Gasteiger partial charge in [-0.15, -0.1) is 13.2 Å². The molecule has 1 aliphatic rings. The zero-order valence-corrected chi connectivity index (χ0v) is 18.5. The molecular formula is C25H22F3NO5. The molecule has 1 N–H and O–H groups in total. The minimum Gasteiger partial charge on any atom is -0.492 e. The zero-order chi connectivity index (χ0) is 24.5. The number of aliphatic carboxylic acids is 1. The van der Waals surface area contributed by atoms with Crippen LogP contribution in [0.25, 0.3) is 11.1 Å². The van der Waals surface area contributed by atoms with E-state index < -0.39 is 12.3 Å². The van der Waals surface area contributed by atoms with Crippen LogP contribution in [0.15, 0.2) is 48.7 Å². The number of aryl methyl sites for hydroxylation is 2. The number of ether oxygens (including phenoxy) is 3. The predicted octanol–water partition coefficient (Wildman–Crippen LogP) is 5.79. The van der Waals surface area contributed by atoms with Crippen LogP contribution in [0.1, 0.15) is 34.6 Å². The van der Waals surface area contributed by atoms with Crippen LogP contribution in [0, 0.1) is 13.8 Å². The molecule has 3 aromatic rings. The molecule has 0 saturated heterocycles. The van der Waals surface area contributed by atoms with Crippen LogP contribution in [0.5, 0.6) is 17.4 Å². The molecule has 2 heterocycles. The second kappa shape index (κ2) is 9.24. The Kier molecular flexibility index (Phi) is 6.37. The van der Waals surface area contributed by atoms with Crippen molar-refractivity contribution < 1.29 is 37.3 Å². The van der Waals surface area contributed by atoms with Crippen LogP contribution in [0.2, 0.25) is 0 Å². The van der Waals surface area contributed by atoms with Crippen molar-refractivity contribution in [2.45, 2.75) is 39.2 Å². The van der Waals surface area contributed by atoms with E-state index in [0.29, 0.717) is 29.4 Å². The highest BCUT2D eigenvalue weighted by Crippen LogP contribution is 2.37. The molecule has 0 aliphatic carbocycles. The number of hydrogen-bond acceptors (Lipinski definition) is 5. The summed E-state index contributed by atoms with van der Waals surface area (Å²) in [6.07, 6.45) is -3.19. The van der Waals surface area contributed by atoms with Crippen molar-refractivity contribution in [3.63, 3.8) is 0 Å². The fourth-order valence-electron chi connectivity index (χ4n) is 4.15. The van der Waals surface area contributed by atoms with Gasteiger partial charge in [0.15, 0.2) is 0 Å². The van der Waals surface area contributed by atoms with E-state index in [-0.39, 0.29) is 24.7 Å². The van der Waals surface area contributed by atoms with Crippen molar-refractivity contribution in [3.05, 3.63) is 70.9 Å². The molecule has 9 heteroatoms. The van der Waals surface area contributed by atoms with E-state index in [1.165, 1.54) is 12.1 Å². The Bertz CT molecular complexity index is 1200. The van der Waals surface area contributed by atoms with Gasteiger partial charge in [0.2, 0.25) is 5.88 Å². The Morgan fingerprint density at radius 3 is 2.59 bits per heavy atom. The quantitative estimate of drug-likeness (QED) is 0.468. The number of carboxylic acids is 1. The van der Waals surface area contributed by atoms with Gasteiger partial charge in [-0.2, -0.15) is 0 Å². The van der Waals surface area contributed by atoms with E-state index >= 15 is 0 Å². The van der Waals surface area contributed by atoms with E-state index in [0.717, 1.165) is 22.3 Å². The number of halogens is 3. The minimum absolute atomic E-state index is 0.0240. The molecule has 178 valence electrons. The summed E-state index contributed by atoms with van der Waals surface area (Å²) in [6, 6.07) is 11.9. The van der Waals surface area contributed by atoms with Crippen LogP contribution in [-0.2, 0) is 11.4 Å². The first-order valence-electron chi connectivity index (χ1n) is 10.5. The highest BCUT2D eigenvalue weighted by atomic mass is 19.4. The number of rotatable bonds is 7. The fourth-order valence-corrected chi connectivity index (χ4v) is 4.15. The first-order chi connectivity index (χ1) is 16.1. The van der Waals surface area contributed by atoms with Gasteiger partial charge in [-0.3, -0.25) is 4.79 Å². The summed E-state index contributed by atoms with van der Waals surface area (Å²) in [5.41, 5.74) is 4.58. The van der Waals surface area contributed by atoms with Crippen molar-refractivity contribution >= 4 is 5.97 Å². The molecule has 34 heavy (non-hydrogen) atoms. The highest BCUT2D eigenvalue weighted by molar-refractivity contribution is 5.72. The van der Waals surface area contributed by atoms with E-state index in [4.69, 9.17) is 14.6 Å². The van der Waals surface area contributed by atoms with Crippen LogP contribution in [0.3, 0.4) is 0 Å². The third-order valence-electron chi connectivity index (χ3n) is 5.51. The number of aromatic nitrogens is 1. The summed E-state index contributed by atoms with van der Waals surface area (Å²) < 4.78 is 53.2. The van der Waals surface area contributed by atoms with Crippen LogP contribution < -0.4 is 14.2 Å². The maximum atomic E-state index is 12.6. The fraction of sp³-hybridized carbons (Fsp3) is 0.280. The Morgan fingerprint density at radius 1 is 1.18 bits per heavy atom. The maximum absolute atomic E-state index is 12.6. The molecule has 0 radical (unpaired) electrons. The number of carboxylic acid groups (broad SMARTS) is 1. The van der Waals surface area contributed by atoms with Gasteiger partial charge in [0.05, 0.1) is 13.0 Å². The summed E-state index contributed by atoms with van der Waals surface area (Å²) in [5.74, 6) is -0.459. The Balaban J connectivity index is 1.49. The number of fused-ring (bicyclic) bond motifs is 1. The van der Waals surface area contributed by atoms with E-state index in [2.05, 4.69) is 9.72 Å². The smallest absolute Gasteiger partial charge is 0.492 e. The largest absolute Gasteiger partial charge is 0.573 e. The van der Waals surface area contributed by atoms with Crippen LogP contribution in [-0.4, -0.2) is 29.0 Å². The highest BCUT2D eigenvalue weighted by Gasteiger charge is 2.31. The van der Waals surface area contributed by atoms with Crippen molar-refractivity contribution in [1.82, 2.24) is 4.98 Å². The van der Waals surface area contributed by atoms with E-state index in [1.807, 2.05) is 24.3 Å². The third-order valence-corrected chi connectivity index (χ3v) is 5.51. The van der Waals surface area contributed by atoms with Gasteiger partial charge in [0, 0.05) is 23.7 Å². The summed E-state index contributed by atoms with van der Waals surface area (Å²) in [7, 11) is 0. The number of alkyl halides is 3. The van der Waals surface area contributed by atoms with Crippen molar-refractivity contribution in [1.29, 1.82) is 0 Å². The second-order valence-electron chi connectivity index (χ2n) is 8.14. The monoisotopic (exact) mass is 473 g/mol. The van der Waals surface area contributed by atoms with Gasteiger partial charge < -0.3 is 19.3 Å². The number of nitrogens with zero attached hydrogens (tertiary/aromatic N) is 1. The second-order valence-corrected chi connectivity index (χ2v) is 8.14. The minimum atomic E-state index is -4.74. The SMILES string of the molecule is Cc1cc(OC(F)(F)F)cc(C)c1-c1cccc(COc2cc3c(cn2)C(CC(=O)O)CO3)c1. The normalized spacial score (nSPS) is 14.9. The van der Waals surface area contributed by atoms with Gasteiger partial charge >= 0.3 is 12.3 Å². The first kappa shape index (κ1) is 23.4. The molecule has 1 aromatic heterocycles. The molecule has 1 aliphatic heterocycles. The average Bonchev–Trinajstić information content (AvgIpc) is 3.12. The van der Waals surface area contributed by atoms with Gasteiger partial charge in [-0.25, -0.2) is 4.98 Å². The van der Waals surface area contributed by atoms with Crippen LogP contribution in [0.4, 0.5) is 13.2 Å². The molecule has 0 amide bonds. The number of pyridine rings is 1. The Hall–Kier alpha value is -3.75. The van der Waals surface area contributed by atoms with Crippen molar-refractivity contribution in [2.24, 2.45) is 0 Å². The summed E-state index contributed by atoms with van der Waals surface area (Å²) in [6.45, 7) is 3.98. The summed E-state index contributed by atoms with van der Waals surface area (Å²) >= 11 is 0. The maximum Gasteiger partial charge on any atom is 0.573 e. The van der Waals surface area contributed by atoms with E-state index in [1.54, 1.807) is 26.1 Å². The molecule has 0 fully saturated rings. The van der Waals surface area contributed by atoms with Gasteiger partial charge in [-0.05, 0) is 59.9 Å². The topological polar surface area (TPSA) is 77.9 Å². The molecule has 0 spiro atoms. The predicted molar refractivity (Wildman–Crippen MR) is 117 cm³/mol. The molecule has 0 bridgehead atoms. The average molecular weight is 473 g/mol. The Morgan fingerprint density at radius 2 is 1.91 bits per heavy atom. The van der Waals surface area contributed by atoms with E-state index in [9.17, 15) is 18.0 Å². The first-order valence-corrected chi connectivity index (χ1v) is 10.5. The lowest BCUT2D eigenvalue weighted by atomic mass is 9.94. The van der Waals surface area contributed by atoms with Crippen LogP contribution >= 0.6 is 0 Å². The summed E-state index contributed by atoms with van der Waals surface area (Å²) in [5, 5.41) is 9.01. The standard InChI is InChI=1S/C25H22F3NO5/c1-14-6-19(34-25(26,27)28)7-15(2)24(14)17-5-3-4-16(8-17)12-33-22-10-21-20(11-29-22)18(13-32-21)9-23(30)31/h3-8,10-11,18H,9,12-13H2,1-2H3,(H,30,31). The lowest BCUT2D eigenvalue weighted by molar-refractivity contribution is -0.274. The molecule has 0 saturated carbocycles.